The minimum Gasteiger partial charge on any atom is -0.384 e. The maximum Gasteiger partial charge on any atom is 0.123 e. The van der Waals surface area contributed by atoms with Crippen LogP contribution >= 0.6 is 0 Å². The van der Waals surface area contributed by atoms with Crippen LogP contribution < -0.4 is 5.32 Å². The minimum absolute atomic E-state index is 0.228. The summed E-state index contributed by atoms with van der Waals surface area (Å²) >= 11 is 0. The van der Waals surface area contributed by atoms with E-state index in [1.165, 1.54) is 12.1 Å². The van der Waals surface area contributed by atoms with E-state index in [0.29, 0.717) is 13.1 Å². The van der Waals surface area contributed by atoms with Gasteiger partial charge in [-0.05, 0) is 37.1 Å². The molecule has 0 radical (unpaired) electrons. The van der Waals surface area contributed by atoms with Crippen LogP contribution in [0.1, 0.15) is 23.6 Å². The Hall–Kier alpha value is -1.72. The molecule has 0 saturated heterocycles. The lowest BCUT2D eigenvalue weighted by atomic mass is 9.99. The molecule has 4 nitrogen and oxygen atoms in total. The van der Waals surface area contributed by atoms with Crippen LogP contribution in [-0.2, 0) is 19.2 Å². The number of aliphatic hydroxyl groups is 1. The van der Waals surface area contributed by atoms with Crippen LogP contribution in [0.2, 0.25) is 0 Å². The number of rotatable bonds is 5. The zero-order valence-electron chi connectivity index (χ0n) is 12.0. The van der Waals surface area contributed by atoms with E-state index in [1.54, 1.807) is 30.1 Å². The summed E-state index contributed by atoms with van der Waals surface area (Å²) in [5.74, 6) is -0.228. The Morgan fingerprint density at radius 2 is 2.20 bits per heavy atom. The minimum atomic E-state index is -0.984. The van der Waals surface area contributed by atoms with Crippen LogP contribution in [0.5, 0.6) is 0 Å². The molecular weight excluding hydrogens is 257 g/mol. The van der Waals surface area contributed by atoms with Gasteiger partial charge in [0.1, 0.15) is 11.4 Å². The molecule has 0 fully saturated rings. The van der Waals surface area contributed by atoms with Crippen LogP contribution in [0.15, 0.2) is 30.6 Å². The van der Waals surface area contributed by atoms with E-state index in [-0.39, 0.29) is 5.82 Å². The highest BCUT2D eigenvalue weighted by molar-refractivity contribution is 5.26. The van der Waals surface area contributed by atoms with Crippen LogP contribution in [-0.4, -0.2) is 21.4 Å². The Morgan fingerprint density at radius 1 is 1.45 bits per heavy atom. The van der Waals surface area contributed by atoms with Gasteiger partial charge >= 0.3 is 0 Å². The summed E-state index contributed by atoms with van der Waals surface area (Å²) in [4.78, 5) is 0. The summed E-state index contributed by atoms with van der Waals surface area (Å²) in [5, 5.41) is 17.7. The van der Waals surface area contributed by atoms with Gasteiger partial charge in [-0.3, -0.25) is 4.68 Å². The smallest absolute Gasteiger partial charge is 0.123 e. The molecule has 1 aromatic carbocycles. The van der Waals surface area contributed by atoms with Crippen LogP contribution in [0.4, 0.5) is 4.39 Å². The second-order valence-electron chi connectivity index (χ2n) is 5.35. The Kier molecular flexibility index (Phi) is 4.20. The van der Waals surface area contributed by atoms with E-state index >= 15 is 0 Å². The summed E-state index contributed by atoms with van der Waals surface area (Å²) in [6.07, 6.45) is 3.45. The molecule has 0 bridgehead atoms. The van der Waals surface area contributed by atoms with Gasteiger partial charge in [0.25, 0.3) is 0 Å². The van der Waals surface area contributed by atoms with Crippen molar-refractivity contribution in [3.63, 3.8) is 0 Å². The lowest BCUT2D eigenvalue weighted by Gasteiger charge is -2.22. The van der Waals surface area contributed by atoms with Crippen molar-refractivity contribution in [3.05, 3.63) is 53.1 Å². The molecule has 0 saturated carbocycles. The van der Waals surface area contributed by atoms with Crippen molar-refractivity contribution in [3.8, 4) is 0 Å². The first-order valence-electron chi connectivity index (χ1n) is 6.56. The van der Waals surface area contributed by atoms with Crippen molar-refractivity contribution in [2.24, 2.45) is 7.05 Å². The Bertz CT molecular complexity index is 593. The molecule has 1 atom stereocenters. The van der Waals surface area contributed by atoms with Gasteiger partial charge in [0.05, 0.1) is 6.20 Å². The lowest BCUT2D eigenvalue weighted by molar-refractivity contribution is 0.0566. The first-order valence-corrected chi connectivity index (χ1v) is 6.56. The Balaban J connectivity index is 1.95. The first kappa shape index (κ1) is 14.7. The third kappa shape index (κ3) is 3.43. The molecule has 1 aromatic heterocycles. The lowest BCUT2D eigenvalue weighted by Crippen LogP contribution is -2.35. The molecule has 1 unspecified atom stereocenters. The predicted octanol–water partition coefficient (Wildman–Crippen LogP) is 1.86. The summed E-state index contributed by atoms with van der Waals surface area (Å²) in [7, 11) is 1.81. The maximum atomic E-state index is 13.0. The largest absolute Gasteiger partial charge is 0.384 e. The summed E-state index contributed by atoms with van der Waals surface area (Å²) in [5.41, 5.74) is 1.71. The highest BCUT2D eigenvalue weighted by Crippen LogP contribution is 2.19. The molecule has 108 valence electrons. The predicted molar refractivity (Wildman–Crippen MR) is 75.6 cm³/mol. The van der Waals surface area contributed by atoms with Crippen molar-refractivity contribution < 1.29 is 9.50 Å². The van der Waals surface area contributed by atoms with Crippen LogP contribution in [0.3, 0.4) is 0 Å². The van der Waals surface area contributed by atoms with E-state index in [2.05, 4.69) is 10.4 Å². The number of aromatic nitrogens is 2. The van der Waals surface area contributed by atoms with E-state index in [1.807, 2.05) is 14.0 Å². The average Bonchev–Trinajstić information content (AvgIpc) is 2.79. The molecule has 20 heavy (non-hydrogen) atoms. The van der Waals surface area contributed by atoms with Crippen LogP contribution in [0, 0.1) is 12.7 Å². The van der Waals surface area contributed by atoms with Crippen molar-refractivity contribution in [1.29, 1.82) is 0 Å². The quantitative estimate of drug-likeness (QED) is 0.877. The Labute approximate surface area is 118 Å². The molecule has 2 aromatic rings. The second-order valence-corrected chi connectivity index (χ2v) is 5.35. The van der Waals surface area contributed by atoms with Gasteiger partial charge in [-0.1, -0.05) is 6.07 Å². The fraction of sp³-hybridized carbons (Fsp3) is 0.400. The van der Waals surface area contributed by atoms with Gasteiger partial charge < -0.3 is 10.4 Å². The van der Waals surface area contributed by atoms with Crippen molar-refractivity contribution in [1.82, 2.24) is 15.1 Å². The van der Waals surface area contributed by atoms with Gasteiger partial charge in [-0.2, -0.15) is 5.10 Å². The molecule has 2 N–H and O–H groups in total. The van der Waals surface area contributed by atoms with E-state index in [4.69, 9.17) is 0 Å². The molecule has 0 amide bonds. The van der Waals surface area contributed by atoms with Crippen LogP contribution in [0.25, 0.3) is 0 Å². The molecular formula is C15H20FN3O. The number of hydrogen-bond donors (Lipinski definition) is 2. The van der Waals surface area contributed by atoms with Gasteiger partial charge in [-0.15, -0.1) is 0 Å². The fourth-order valence-electron chi connectivity index (χ4n) is 2.10. The highest BCUT2D eigenvalue weighted by Gasteiger charge is 2.24. The topological polar surface area (TPSA) is 50.1 Å². The number of halogens is 1. The Morgan fingerprint density at radius 3 is 2.80 bits per heavy atom. The van der Waals surface area contributed by atoms with E-state index in [0.717, 1.165) is 16.7 Å². The summed E-state index contributed by atoms with van der Waals surface area (Å²) in [6.45, 7) is 4.60. The van der Waals surface area contributed by atoms with Gasteiger partial charge in [0.2, 0.25) is 0 Å². The number of nitrogens with zero attached hydrogens (tertiary/aromatic N) is 2. The highest BCUT2D eigenvalue weighted by atomic mass is 19.1. The molecule has 0 spiro atoms. The van der Waals surface area contributed by atoms with Gasteiger partial charge in [0.15, 0.2) is 0 Å². The molecule has 5 heteroatoms. The van der Waals surface area contributed by atoms with Crippen molar-refractivity contribution >= 4 is 0 Å². The number of benzene rings is 1. The van der Waals surface area contributed by atoms with E-state index in [9.17, 15) is 9.50 Å². The number of aryl methyl sites for hydroxylation is 2. The monoisotopic (exact) mass is 277 g/mol. The zero-order valence-corrected chi connectivity index (χ0v) is 12.0. The third-order valence-corrected chi connectivity index (χ3v) is 3.42. The maximum absolute atomic E-state index is 13.0. The molecule has 0 aliphatic rings. The standard InChI is InChI=1S/C15H20FN3O/c1-11-6-14(16)5-4-12(11)7-17-10-15(2,20)13-8-18-19(3)9-13/h4-6,8-9,17,20H,7,10H2,1-3H3. The van der Waals surface area contributed by atoms with Gasteiger partial charge in [-0.25, -0.2) is 4.39 Å². The third-order valence-electron chi connectivity index (χ3n) is 3.42. The fourth-order valence-corrected chi connectivity index (χ4v) is 2.10. The molecule has 1 heterocycles. The number of hydrogen-bond acceptors (Lipinski definition) is 3. The van der Waals surface area contributed by atoms with Crippen molar-refractivity contribution in [2.75, 3.05) is 6.54 Å². The second kappa shape index (κ2) is 5.73. The molecule has 0 aliphatic carbocycles. The number of nitrogens with one attached hydrogen (secondary N) is 1. The summed E-state index contributed by atoms with van der Waals surface area (Å²) in [6, 6.07) is 4.72. The normalized spacial score (nSPS) is 14.2. The first-order chi connectivity index (χ1) is 9.38. The summed E-state index contributed by atoms with van der Waals surface area (Å²) < 4.78 is 14.7. The van der Waals surface area contributed by atoms with E-state index < -0.39 is 5.60 Å². The van der Waals surface area contributed by atoms with Crippen molar-refractivity contribution in [2.45, 2.75) is 26.0 Å². The molecule has 0 aliphatic heterocycles. The average molecular weight is 277 g/mol. The van der Waals surface area contributed by atoms with Gasteiger partial charge in [0, 0.05) is 31.9 Å². The SMILES string of the molecule is Cc1cc(F)ccc1CNCC(C)(O)c1cnn(C)c1. The molecule has 2 rings (SSSR count). The zero-order chi connectivity index (χ0) is 14.8.